The molecule has 4 aliphatic rings. The van der Waals surface area contributed by atoms with E-state index < -0.39 is 0 Å². The van der Waals surface area contributed by atoms with Gasteiger partial charge in [0.25, 0.3) is 0 Å². The minimum atomic E-state index is 0.373. The maximum absolute atomic E-state index is 7.62. The van der Waals surface area contributed by atoms with Crippen molar-refractivity contribution in [3.63, 3.8) is 0 Å². The van der Waals surface area contributed by atoms with E-state index in [4.69, 9.17) is 21.5 Å². The van der Waals surface area contributed by atoms with Gasteiger partial charge in [0.05, 0.1) is 6.57 Å². The fourth-order valence-corrected chi connectivity index (χ4v) is 8.28. The molecule has 1 heterocycles. The quantitative estimate of drug-likeness (QED) is 0.223. The minimum Gasteiger partial charge on any atom is -0.238 e. The maximum Gasteiger partial charge on any atom is 0.194 e. The Morgan fingerprint density at radius 2 is 1.18 bits per heavy atom. The molecule has 4 bridgehead atoms. The van der Waals surface area contributed by atoms with Crippen molar-refractivity contribution in [2.24, 2.45) is 17.8 Å². The molecule has 4 aliphatic carbocycles. The molecule has 4 aromatic carbocycles. The SMILES string of the molecule is [C-]#[N+]c1cccc2ccc(-c3nc(-c4ccccc4)nc(-c4ccc(C56CC7CC(CC(C7)C5)C6)cc4)n3)cc12. The third-order valence-electron chi connectivity index (χ3n) is 9.70. The van der Waals surface area contributed by atoms with Gasteiger partial charge >= 0.3 is 0 Å². The van der Waals surface area contributed by atoms with E-state index in [9.17, 15) is 0 Å². The fourth-order valence-electron chi connectivity index (χ4n) is 8.28. The predicted molar refractivity (Wildman–Crippen MR) is 160 cm³/mol. The zero-order chi connectivity index (χ0) is 26.7. The largest absolute Gasteiger partial charge is 0.238 e. The van der Waals surface area contributed by atoms with E-state index in [1.54, 1.807) is 0 Å². The van der Waals surface area contributed by atoms with Gasteiger partial charge in [0.1, 0.15) is 0 Å². The van der Waals surface area contributed by atoms with Gasteiger partial charge < -0.3 is 0 Å². The smallest absolute Gasteiger partial charge is 0.194 e. The highest BCUT2D eigenvalue weighted by molar-refractivity contribution is 5.96. The molecule has 1 aromatic heterocycles. The van der Waals surface area contributed by atoms with Crippen molar-refractivity contribution in [1.29, 1.82) is 0 Å². The van der Waals surface area contributed by atoms with Crippen molar-refractivity contribution in [2.45, 2.75) is 43.9 Å². The summed E-state index contributed by atoms with van der Waals surface area (Å²) in [5.41, 5.74) is 5.37. The van der Waals surface area contributed by atoms with E-state index >= 15 is 0 Å². The molecule has 194 valence electrons. The molecular formula is C36H30N4. The summed E-state index contributed by atoms with van der Waals surface area (Å²) in [6.07, 6.45) is 8.46. The molecule has 0 amide bonds. The number of hydrogen-bond acceptors (Lipinski definition) is 3. The van der Waals surface area contributed by atoms with Crippen LogP contribution in [-0.4, -0.2) is 15.0 Å². The summed E-state index contributed by atoms with van der Waals surface area (Å²) in [5, 5.41) is 1.95. The molecule has 0 saturated heterocycles. The van der Waals surface area contributed by atoms with Crippen LogP contribution in [0.25, 0.3) is 49.8 Å². The monoisotopic (exact) mass is 518 g/mol. The molecule has 4 nitrogen and oxygen atoms in total. The van der Waals surface area contributed by atoms with E-state index in [-0.39, 0.29) is 0 Å². The lowest BCUT2D eigenvalue weighted by Crippen LogP contribution is -2.48. The Labute approximate surface area is 235 Å². The normalized spacial score (nSPS) is 24.7. The van der Waals surface area contributed by atoms with Gasteiger partial charge in [0, 0.05) is 16.7 Å². The predicted octanol–water partition coefficient (Wildman–Crippen LogP) is 9.04. The summed E-state index contributed by atoms with van der Waals surface area (Å²) < 4.78 is 0. The molecule has 0 spiro atoms. The second kappa shape index (κ2) is 9.10. The summed E-state index contributed by atoms with van der Waals surface area (Å²) in [5.74, 6) is 4.74. The van der Waals surface area contributed by atoms with E-state index in [2.05, 4.69) is 29.1 Å². The number of aromatic nitrogens is 3. The highest BCUT2D eigenvalue weighted by Crippen LogP contribution is 2.60. The maximum atomic E-state index is 7.62. The molecule has 40 heavy (non-hydrogen) atoms. The summed E-state index contributed by atoms with van der Waals surface area (Å²) in [4.78, 5) is 18.6. The van der Waals surface area contributed by atoms with Crippen LogP contribution in [0.15, 0.2) is 91.0 Å². The van der Waals surface area contributed by atoms with E-state index in [0.717, 1.165) is 45.2 Å². The molecule has 9 rings (SSSR count). The Morgan fingerprint density at radius 3 is 1.80 bits per heavy atom. The minimum absolute atomic E-state index is 0.373. The first-order chi connectivity index (χ1) is 19.7. The Morgan fingerprint density at radius 1 is 0.600 bits per heavy atom. The van der Waals surface area contributed by atoms with Gasteiger partial charge in [-0.3, -0.25) is 0 Å². The van der Waals surface area contributed by atoms with Crippen molar-refractivity contribution in [3.8, 4) is 34.2 Å². The van der Waals surface area contributed by atoms with E-state index in [1.165, 1.54) is 44.1 Å². The van der Waals surface area contributed by atoms with Gasteiger partial charge in [-0.2, -0.15) is 0 Å². The summed E-state index contributed by atoms with van der Waals surface area (Å²) in [6, 6.07) is 31.2. The molecule has 4 saturated carbocycles. The number of hydrogen-bond donors (Lipinski definition) is 0. The zero-order valence-electron chi connectivity index (χ0n) is 22.4. The topological polar surface area (TPSA) is 43.0 Å². The third-order valence-corrected chi connectivity index (χ3v) is 9.70. The third kappa shape index (κ3) is 3.92. The number of fused-ring (bicyclic) bond motifs is 1. The first kappa shape index (κ1) is 23.5. The number of rotatable bonds is 4. The highest BCUT2D eigenvalue weighted by Gasteiger charge is 2.51. The first-order valence-electron chi connectivity index (χ1n) is 14.5. The molecule has 0 aliphatic heterocycles. The molecule has 0 radical (unpaired) electrons. The molecule has 0 N–H and O–H groups in total. The Kier molecular flexibility index (Phi) is 5.35. The average molecular weight is 519 g/mol. The van der Waals surface area contributed by atoms with Crippen molar-refractivity contribution in [1.82, 2.24) is 15.0 Å². The summed E-state index contributed by atoms with van der Waals surface area (Å²) in [7, 11) is 0. The van der Waals surface area contributed by atoms with Gasteiger partial charge in [0.15, 0.2) is 23.2 Å². The van der Waals surface area contributed by atoms with Crippen molar-refractivity contribution >= 4 is 16.5 Å². The summed E-state index contributed by atoms with van der Waals surface area (Å²) >= 11 is 0. The second-order valence-electron chi connectivity index (χ2n) is 12.3. The lowest BCUT2D eigenvalue weighted by Gasteiger charge is -2.57. The van der Waals surface area contributed by atoms with Gasteiger partial charge in [-0.1, -0.05) is 91.0 Å². The average Bonchev–Trinajstić information content (AvgIpc) is 3.00. The van der Waals surface area contributed by atoms with Crippen molar-refractivity contribution in [2.75, 3.05) is 0 Å². The molecule has 4 heteroatoms. The fraction of sp³-hybridized carbons (Fsp3) is 0.278. The van der Waals surface area contributed by atoms with Crippen molar-refractivity contribution in [3.05, 3.63) is 108 Å². The van der Waals surface area contributed by atoms with Crippen LogP contribution in [-0.2, 0) is 5.41 Å². The molecule has 4 fully saturated rings. The molecule has 0 unspecified atom stereocenters. The van der Waals surface area contributed by atoms with E-state index in [0.29, 0.717) is 28.6 Å². The van der Waals surface area contributed by atoms with Crippen LogP contribution in [0, 0.1) is 24.3 Å². The van der Waals surface area contributed by atoms with Gasteiger partial charge in [-0.05, 0) is 78.0 Å². The molecular weight excluding hydrogens is 488 g/mol. The molecule has 0 atom stereocenters. The standard InChI is InChI=1S/C36H30N4/c1-37-32-9-5-8-26-10-11-29(19-31(26)32)35-39-33(27-6-3-2-4-7-27)38-34(40-35)28-12-14-30(15-13-28)36-20-23-16-24(21-36)18-25(17-23)22-36/h2-15,19,23-25H,16-18,20-22H2. The van der Waals surface area contributed by atoms with E-state index in [1.807, 2.05) is 66.7 Å². The van der Waals surface area contributed by atoms with Gasteiger partial charge in [-0.15, -0.1) is 0 Å². The highest BCUT2D eigenvalue weighted by atomic mass is 15.0. The van der Waals surface area contributed by atoms with Crippen LogP contribution in [0.3, 0.4) is 0 Å². The van der Waals surface area contributed by atoms with Crippen LogP contribution in [0.5, 0.6) is 0 Å². The Bertz CT molecular complexity index is 1750. The zero-order valence-corrected chi connectivity index (χ0v) is 22.4. The van der Waals surface area contributed by atoms with Crippen LogP contribution in [0.1, 0.15) is 44.1 Å². The first-order valence-corrected chi connectivity index (χ1v) is 14.5. The Hall–Kier alpha value is -4.36. The molecule has 5 aromatic rings. The van der Waals surface area contributed by atoms with Crippen LogP contribution >= 0.6 is 0 Å². The van der Waals surface area contributed by atoms with Crippen LogP contribution in [0.2, 0.25) is 0 Å². The van der Waals surface area contributed by atoms with Crippen LogP contribution in [0.4, 0.5) is 5.69 Å². The summed E-state index contributed by atoms with van der Waals surface area (Å²) in [6.45, 7) is 7.62. The lowest BCUT2D eigenvalue weighted by molar-refractivity contribution is -0.00518. The number of benzene rings is 4. The number of nitrogens with zero attached hydrogens (tertiary/aromatic N) is 4. The second-order valence-corrected chi connectivity index (χ2v) is 12.3. The van der Waals surface area contributed by atoms with Gasteiger partial charge in [-0.25, -0.2) is 19.8 Å². The van der Waals surface area contributed by atoms with Gasteiger partial charge in [0.2, 0.25) is 0 Å². The Balaban J connectivity index is 1.22. The van der Waals surface area contributed by atoms with Crippen LogP contribution < -0.4 is 0 Å². The van der Waals surface area contributed by atoms with Crippen molar-refractivity contribution < 1.29 is 0 Å². The lowest BCUT2D eigenvalue weighted by atomic mass is 9.48.